The molecule has 1 aromatic rings. The molecule has 0 amide bonds. The number of nitroso groups, excluding NO2 is 1. The van der Waals surface area contributed by atoms with Gasteiger partial charge in [0.1, 0.15) is 0 Å². The van der Waals surface area contributed by atoms with E-state index in [2.05, 4.69) is 10.3 Å². The fraction of sp³-hybridized carbons (Fsp3) is 0.545. The molecule has 1 rings (SSSR count). The minimum atomic E-state index is -0.469. The van der Waals surface area contributed by atoms with Crippen molar-refractivity contribution in [1.82, 2.24) is 9.99 Å². The lowest BCUT2D eigenvalue weighted by molar-refractivity contribution is 0.161. The van der Waals surface area contributed by atoms with Gasteiger partial charge >= 0.3 is 0 Å². The molecule has 1 atom stereocenters. The van der Waals surface area contributed by atoms with Gasteiger partial charge in [-0.15, -0.1) is 4.91 Å². The molecule has 0 saturated heterocycles. The fourth-order valence-electron chi connectivity index (χ4n) is 1.46. The van der Waals surface area contributed by atoms with Crippen molar-refractivity contribution in [3.05, 3.63) is 35.0 Å². The predicted molar refractivity (Wildman–Crippen MR) is 61.5 cm³/mol. The van der Waals surface area contributed by atoms with Gasteiger partial charge in [0, 0.05) is 26.0 Å². The van der Waals surface area contributed by atoms with Crippen LogP contribution in [0.2, 0.25) is 0 Å². The first-order valence-corrected chi connectivity index (χ1v) is 5.36. The molecular weight excluding hydrogens is 206 g/mol. The van der Waals surface area contributed by atoms with Gasteiger partial charge in [-0.05, 0) is 30.9 Å². The van der Waals surface area contributed by atoms with Crippen LogP contribution in [0, 0.1) is 4.91 Å². The molecule has 88 valence electrons. The van der Waals surface area contributed by atoms with Crippen LogP contribution >= 0.6 is 0 Å². The molecule has 0 saturated carbocycles. The number of aliphatic hydroxyl groups is 1. The maximum Gasteiger partial charge on any atom is 0.0804 e. The SMILES string of the molecule is CN(CCCC[C@@H](O)c1cccnc1)N=O. The quantitative estimate of drug-likeness (QED) is 0.435. The van der Waals surface area contributed by atoms with Gasteiger partial charge in [-0.25, -0.2) is 0 Å². The zero-order valence-electron chi connectivity index (χ0n) is 9.41. The number of pyridine rings is 1. The molecule has 1 aromatic heterocycles. The number of rotatable bonds is 7. The van der Waals surface area contributed by atoms with Crippen LogP contribution in [-0.4, -0.2) is 28.7 Å². The number of aromatic nitrogens is 1. The Balaban J connectivity index is 2.21. The summed E-state index contributed by atoms with van der Waals surface area (Å²) in [6.45, 7) is 0.628. The average Bonchev–Trinajstić information content (AvgIpc) is 2.35. The van der Waals surface area contributed by atoms with Gasteiger partial charge in [-0.3, -0.25) is 9.99 Å². The number of hydrogen-bond donors (Lipinski definition) is 1. The van der Waals surface area contributed by atoms with Crippen molar-refractivity contribution in [2.75, 3.05) is 13.6 Å². The average molecular weight is 223 g/mol. The van der Waals surface area contributed by atoms with E-state index >= 15 is 0 Å². The molecular formula is C11H17N3O2. The third kappa shape index (κ3) is 4.35. The third-order valence-electron chi connectivity index (χ3n) is 2.42. The molecule has 0 aliphatic rings. The first-order chi connectivity index (χ1) is 7.74. The standard InChI is InChI=1S/C11H17N3O2/c1-14(13-16)8-3-2-6-11(15)10-5-4-7-12-9-10/h4-5,7,9,11,15H,2-3,6,8H2,1H3/t11-/m1/s1. The fourth-order valence-corrected chi connectivity index (χ4v) is 1.46. The lowest BCUT2D eigenvalue weighted by Crippen LogP contribution is -2.11. The van der Waals surface area contributed by atoms with Crippen LogP contribution in [0.1, 0.15) is 30.9 Å². The van der Waals surface area contributed by atoms with Crippen LogP contribution in [0.3, 0.4) is 0 Å². The zero-order valence-corrected chi connectivity index (χ0v) is 9.41. The van der Waals surface area contributed by atoms with E-state index < -0.39 is 6.10 Å². The van der Waals surface area contributed by atoms with E-state index in [0.717, 1.165) is 18.4 Å². The van der Waals surface area contributed by atoms with Crippen LogP contribution in [-0.2, 0) is 0 Å². The highest BCUT2D eigenvalue weighted by atomic mass is 16.3. The Morgan fingerprint density at radius 3 is 3.00 bits per heavy atom. The minimum absolute atomic E-state index is 0.469. The van der Waals surface area contributed by atoms with E-state index in [4.69, 9.17) is 0 Å². The lowest BCUT2D eigenvalue weighted by atomic mass is 10.1. The summed E-state index contributed by atoms with van der Waals surface area (Å²) >= 11 is 0. The Hall–Kier alpha value is -1.49. The van der Waals surface area contributed by atoms with Crippen molar-refractivity contribution in [3.8, 4) is 0 Å². The minimum Gasteiger partial charge on any atom is -0.388 e. The van der Waals surface area contributed by atoms with Gasteiger partial charge in [-0.1, -0.05) is 6.07 Å². The maximum absolute atomic E-state index is 10.1. The van der Waals surface area contributed by atoms with Crippen molar-refractivity contribution >= 4 is 0 Å². The Labute approximate surface area is 95.1 Å². The third-order valence-corrected chi connectivity index (χ3v) is 2.42. The van der Waals surface area contributed by atoms with Crippen LogP contribution in [0.25, 0.3) is 0 Å². The van der Waals surface area contributed by atoms with Gasteiger partial charge in [0.05, 0.1) is 11.4 Å². The number of hydrogen-bond acceptors (Lipinski definition) is 4. The van der Waals surface area contributed by atoms with E-state index in [1.165, 1.54) is 5.01 Å². The Kier molecular flexibility index (Phi) is 5.42. The Morgan fingerprint density at radius 2 is 2.38 bits per heavy atom. The normalized spacial score (nSPS) is 12.1. The number of aliphatic hydroxyl groups excluding tert-OH is 1. The van der Waals surface area contributed by atoms with Crippen LogP contribution in [0.5, 0.6) is 0 Å². The number of nitrogens with zero attached hydrogens (tertiary/aromatic N) is 3. The second-order valence-corrected chi connectivity index (χ2v) is 3.76. The van der Waals surface area contributed by atoms with E-state index in [-0.39, 0.29) is 0 Å². The van der Waals surface area contributed by atoms with E-state index in [1.54, 1.807) is 19.4 Å². The first-order valence-electron chi connectivity index (χ1n) is 5.36. The summed E-state index contributed by atoms with van der Waals surface area (Å²) in [6.07, 6.45) is 5.27. The highest BCUT2D eigenvalue weighted by molar-refractivity contribution is 5.11. The molecule has 1 N–H and O–H groups in total. The molecule has 5 nitrogen and oxygen atoms in total. The van der Waals surface area contributed by atoms with Crippen molar-refractivity contribution in [1.29, 1.82) is 0 Å². The summed E-state index contributed by atoms with van der Waals surface area (Å²) in [4.78, 5) is 14.0. The summed E-state index contributed by atoms with van der Waals surface area (Å²) in [5.74, 6) is 0. The predicted octanol–water partition coefficient (Wildman–Crippen LogP) is 1.90. The maximum atomic E-state index is 10.1. The van der Waals surface area contributed by atoms with Gasteiger partial charge in [-0.2, -0.15) is 0 Å². The molecule has 0 bridgehead atoms. The highest BCUT2D eigenvalue weighted by Crippen LogP contribution is 2.17. The van der Waals surface area contributed by atoms with E-state index in [0.29, 0.717) is 13.0 Å². The molecule has 5 heteroatoms. The van der Waals surface area contributed by atoms with Crippen LogP contribution in [0.15, 0.2) is 29.8 Å². The van der Waals surface area contributed by atoms with E-state index in [1.807, 2.05) is 12.1 Å². The molecule has 1 heterocycles. The van der Waals surface area contributed by atoms with E-state index in [9.17, 15) is 10.0 Å². The molecule has 0 aliphatic heterocycles. The molecule has 0 unspecified atom stereocenters. The summed E-state index contributed by atoms with van der Waals surface area (Å²) in [7, 11) is 1.64. The molecule has 0 aromatic carbocycles. The topological polar surface area (TPSA) is 65.8 Å². The molecule has 0 aliphatic carbocycles. The van der Waals surface area contributed by atoms with Crippen molar-refractivity contribution in [2.45, 2.75) is 25.4 Å². The Bertz CT molecular complexity index is 305. The second kappa shape index (κ2) is 6.90. The van der Waals surface area contributed by atoms with Crippen molar-refractivity contribution < 1.29 is 5.11 Å². The van der Waals surface area contributed by atoms with Gasteiger partial charge in [0.2, 0.25) is 0 Å². The van der Waals surface area contributed by atoms with Gasteiger partial charge in [0.15, 0.2) is 0 Å². The lowest BCUT2D eigenvalue weighted by Gasteiger charge is -2.11. The van der Waals surface area contributed by atoms with Crippen molar-refractivity contribution in [2.24, 2.45) is 5.29 Å². The van der Waals surface area contributed by atoms with Gasteiger partial charge in [0.25, 0.3) is 0 Å². The zero-order chi connectivity index (χ0) is 11.8. The molecule has 16 heavy (non-hydrogen) atoms. The first kappa shape index (κ1) is 12.6. The monoisotopic (exact) mass is 223 g/mol. The van der Waals surface area contributed by atoms with Crippen LogP contribution in [0.4, 0.5) is 0 Å². The number of unbranched alkanes of at least 4 members (excludes halogenated alkanes) is 1. The molecule has 0 spiro atoms. The van der Waals surface area contributed by atoms with Crippen LogP contribution < -0.4 is 0 Å². The summed E-state index contributed by atoms with van der Waals surface area (Å²) < 4.78 is 0. The summed E-state index contributed by atoms with van der Waals surface area (Å²) in [5, 5.41) is 13.9. The molecule has 0 fully saturated rings. The summed E-state index contributed by atoms with van der Waals surface area (Å²) in [6, 6.07) is 3.67. The summed E-state index contributed by atoms with van der Waals surface area (Å²) in [5.41, 5.74) is 0.837. The smallest absolute Gasteiger partial charge is 0.0804 e. The Morgan fingerprint density at radius 1 is 1.56 bits per heavy atom. The molecule has 0 radical (unpaired) electrons. The largest absolute Gasteiger partial charge is 0.388 e. The van der Waals surface area contributed by atoms with Crippen molar-refractivity contribution in [3.63, 3.8) is 0 Å². The second-order valence-electron chi connectivity index (χ2n) is 3.76. The van der Waals surface area contributed by atoms with Gasteiger partial charge < -0.3 is 5.11 Å². The highest BCUT2D eigenvalue weighted by Gasteiger charge is 2.06.